The molecule has 2 rings (SSSR count). The van der Waals surface area contributed by atoms with Gasteiger partial charge in [-0.2, -0.15) is 10.2 Å². The molecule has 0 aliphatic rings. The van der Waals surface area contributed by atoms with Crippen LogP contribution in [0, 0.1) is 0 Å². The molecule has 0 spiro atoms. The van der Waals surface area contributed by atoms with Crippen molar-refractivity contribution in [2.24, 2.45) is 5.10 Å². The minimum atomic E-state index is -0.476. The first-order valence-electron chi connectivity index (χ1n) is 9.98. The van der Waals surface area contributed by atoms with Crippen LogP contribution >= 0.6 is 11.6 Å². The molecular weight excluding hydrogens is 392 g/mol. The Morgan fingerprint density at radius 3 is 2.69 bits per heavy atom. The van der Waals surface area contributed by atoms with E-state index in [1.807, 2.05) is 18.2 Å². The van der Waals surface area contributed by atoms with Gasteiger partial charge in [0.15, 0.2) is 11.5 Å². The molecule has 0 saturated heterocycles. The van der Waals surface area contributed by atoms with Gasteiger partial charge >= 0.3 is 0 Å². The number of methoxy groups -OCH3 is 1. The van der Waals surface area contributed by atoms with E-state index < -0.39 is 5.56 Å². The average molecular weight is 421 g/mol. The summed E-state index contributed by atoms with van der Waals surface area (Å²) in [5.74, 6) is 1.36. The number of nitrogens with one attached hydrogen (secondary N) is 2. The fourth-order valence-electron chi connectivity index (χ4n) is 2.76. The standard InChI is InChI=1S/C21H29ClN4O3/c1-3-4-5-6-7-8-9-12-29-18-11-10-16(13-19(18)28-2)14-23-25-17-15-24-26-21(27)20(17)22/h10-11,13-15H,3-9,12H2,1-2H3,(H2,25,26,27)/b23-14-. The minimum absolute atomic E-state index is 0.00356. The number of aromatic amines is 1. The van der Waals surface area contributed by atoms with E-state index in [1.54, 1.807) is 13.3 Å². The van der Waals surface area contributed by atoms with Gasteiger partial charge in [-0.05, 0) is 30.2 Å². The number of benzene rings is 1. The molecule has 7 nitrogen and oxygen atoms in total. The van der Waals surface area contributed by atoms with Crippen LogP contribution in [-0.2, 0) is 0 Å². The molecule has 0 amide bonds. The van der Waals surface area contributed by atoms with Crippen molar-refractivity contribution in [1.29, 1.82) is 0 Å². The van der Waals surface area contributed by atoms with Gasteiger partial charge in [0, 0.05) is 0 Å². The molecule has 1 aromatic carbocycles. The van der Waals surface area contributed by atoms with Gasteiger partial charge < -0.3 is 9.47 Å². The topological polar surface area (TPSA) is 88.6 Å². The van der Waals surface area contributed by atoms with Crippen LogP contribution in [0.3, 0.4) is 0 Å². The number of unbranched alkanes of at least 4 members (excludes halogenated alkanes) is 6. The van der Waals surface area contributed by atoms with Crippen molar-refractivity contribution in [3.63, 3.8) is 0 Å². The number of ether oxygens (including phenoxy) is 2. The van der Waals surface area contributed by atoms with Gasteiger partial charge in [-0.3, -0.25) is 10.2 Å². The highest BCUT2D eigenvalue weighted by atomic mass is 35.5. The highest BCUT2D eigenvalue weighted by Gasteiger charge is 2.06. The van der Waals surface area contributed by atoms with Gasteiger partial charge in [-0.1, -0.05) is 57.0 Å². The van der Waals surface area contributed by atoms with E-state index in [9.17, 15) is 4.79 Å². The van der Waals surface area contributed by atoms with Crippen LogP contribution in [0.4, 0.5) is 5.69 Å². The number of nitrogens with zero attached hydrogens (tertiary/aromatic N) is 2. The van der Waals surface area contributed by atoms with Crippen LogP contribution in [0.2, 0.25) is 5.02 Å². The molecule has 0 aliphatic carbocycles. The lowest BCUT2D eigenvalue weighted by atomic mass is 10.1. The molecule has 0 unspecified atom stereocenters. The maximum absolute atomic E-state index is 11.4. The number of hydrogen-bond acceptors (Lipinski definition) is 6. The monoisotopic (exact) mass is 420 g/mol. The Hall–Kier alpha value is -2.54. The van der Waals surface area contributed by atoms with Crippen LogP contribution in [0.5, 0.6) is 11.5 Å². The van der Waals surface area contributed by atoms with Crippen molar-refractivity contribution in [3.8, 4) is 11.5 Å². The Morgan fingerprint density at radius 1 is 1.17 bits per heavy atom. The van der Waals surface area contributed by atoms with Crippen LogP contribution in [0.15, 0.2) is 34.3 Å². The summed E-state index contributed by atoms with van der Waals surface area (Å²) in [6.45, 7) is 2.90. The first kappa shape index (κ1) is 22.7. The SMILES string of the molecule is CCCCCCCCCOc1ccc(/C=N\Nc2cn[nH]c(=O)c2Cl)cc1OC. The number of hydrogen-bond donors (Lipinski definition) is 2. The summed E-state index contributed by atoms with van der Waals surface area (Å²) in [6.07, 6.45) is 11.7. The highest BCUT2D eigenvalue weighted by molar-refractivity contribution is 6.32. The highest BCUT2D eigenvalue weighted by Crippen LogP contribution is 2.28. The summed E-state index contributed by atoms with van der Waals surface area (Å²) >= 11 is 5.89. The second-order valence-electron chi connectivity index (χ2n) is 6.68. The summed E-state index contributed by atoms with van der Waals surface area (Å²) in [5.41, 5.74) is 3.37. The molecule has 0 saturated carbocycles. The summed E-state index contributed by atoms with van der Waals surface area (Å²) in [7, 11) is 1.61. The molecule has 8 heteroatoms. The lowest BCUT2D eigenvalue weighted by Gasteiger charge is -2.11. The largest absolute Gasteiger partial charge is 0.493 e. The molecule has 158 valence electrons. The van der Waals surface area contributed by atoms with Gasteiger partial charge in [-0.15, -0.1) is 0 Å². The zero-order valence-electron chi connectivity index (χ0n) is 17.0. The minimum Gasteiger partial charge on any atom is -0.493 e. The van der Waals surface area contributed by atoms with Crippen molar-refractivity contribution in [2.45, 2.75) is 51.9 Å². The number of halogens is 1. The molecule has 0 aliphatic heterocycles. The molecule has 29 heavy (non-hydrogen) atoms. The predicted octanol–water partition coefficient (Wildman–Crippen LogP) is 5.01. The molecule has 0 fully saturated rings. The van der Waals surface area contributed by atoms with Crippen LogP contribution < -0.4 is 20.5 Å². The second kappa shape index (κ2) is 12.8. The molecule has 0 atom stereocenters. The van der Waals surface area contributed by atoms with E-state index >= 15 is 0 Å². The summed E-state index contributed by atoms with van der Waals surface area (Å²) in [6, 6.07) is 5.58. The van der Waals surface area contributed by atoms with Crippen molar-refractivity contribution >= 4 is 23.5 Å². The Bertz CT molecular complexity index is 839. The van der Waals surface area contributed by atoms with E-state index in [2.05, 4.69) is 27.6 Å². The van der Waals surface area contributed by atoms with Crippen molar-refractivity contribution < 1.29 is 9.47 Å². The summed E-state index contributed by atoms with van der Waals surface area (Å²) < 4.78 is 11.3. The zero-order chi connectivity index (χ0) is 20.9. The van der Waals surface area contributed by atoms with E-state index in [1.165, 1.54) is 44.7 Å². The Kier molecular flexibility index (Phi) is 10.1. The average Bonchev–Trinajstić information content (AvgIpc) is 2.73. The molecule has 2 aromatic rings. The third-order valence-electron chi connectivity index (χ3n) is 4.39. The summed E-state index contributed by atoms with van der Waals surface area (Å²) in [5, 5.41) is 10.0. The predicted molar refractivity (Wildman–Crippen MR) is 118 cm³/mol. The third kappa shape index (κ3) is 7.77. The second-order valence-corrected chi connectivity index (χ2v) is 7.05. The normalized spacial score (nSPS) is 11.0. The maximum atomic E-state index is 11.4. The fraction of sp³-hybridized carbons (Fsp3) is 0.476. The quantitative estimate of drug-likeness (QED) is 0.270. The number of hydrazone groups is 1. The van der Waals surface area contributed by atoms with E-state index in [0.717, 1.165) is 12.0 Å². The summed E-state index contributed by atoms with van der Waals surface area (Å²) in [4.78, 5) is 11.4. The van der Waals surface area contributed by atoms with Gasteiger partial charge in [0.1, 0.15) is 10.7 Å². The van der Waals surface area contributed by atoms with Gasteiger partial charge in [0.05, 0.1) is 26.1 Å². The Morgan fingerprint density at radius 2 is 1.93 bits per heavy atom. The van der Waals surface area contributed by atoms with E-state index in [4.69, 9.17) is 21.1 Å². The molecule has 0 bridgehead atoms. The Balaban J connectivity index is 1.83. The van der Waals surface area contributed by atoms with Crippen LogP contribution in [-0.4, -0.2) is 30.1 Å². The number of rotatable bonds is 13. The fourth-order valence-corrected chi connectivity index (χ4v) is 2.90. The number of H-pyrrole nitrogens is 1. The molecule has 2 N–H and O–H groups in total. The Labute approximate surface area is 176 Å². The van der Waals surface area contributed by atoms with Gasteiger partial charge in [-0.25, -0.2) is 5.10 Å². The molecular formula is C21H29ClN4O3. The lowest BCUT2D eigenvalue weighted by Crippen LogP contribution is -2.10. The van der Waals surface area contributed by atoms with Crippen molar-refractivity contribution in [2.75, 3.05) is 19.1 Å². The van der Waals surface area contributed by atoms with Crippen molar-refractivity contribution in [1.82, 2.24) is 10.2 Å². The first-order valence-corrected chi connectivity index (χ1v) is 10.4. The van der Waals surface area contributed by atoms with Crippen LogP contribution in [0.25, 0.3) is 0 Å². The molecule has 0 radical (unpaired) electrons. The van der Waals surface area contributed by atoms with Crippen molar-refractivity contribution in [3.05, 3.63) is 45.3 Å². The molecule has 1 aromatic heterocycles. The van der Waals surface area contributed by atoms with E-state index in [0.29, 0.717) is 23.8 Å². The first-order chi connectivity index (χ1) is 14.2. The van der Waals surface area contributed by atoms with Gasteiger partial charge in [0.25, 0.3) is 5.56 Å². The number of aromatic nitrogens is 2. The smallest absolute Gasteiger partial charge is 0.285 e. The van der Waals surface area contributed by atoms with E-state index in [-0.39, 0.29) is 5.02 Å². The van der Waals surface area contributed by atoms with Crippen LogP contribution in [0.1, 0.15) is 57.4 Å². The molecule has 1 heterocycles. The lowest BCUT2D eigenvalue weighted by molar-refractivity contribution is 0.284. The third-order valence-corrected chi connectivity index (χ3v) is 4.76. The maximum Gasteiger partial charge on any atom is 0.285 e. The zero-order valence-corrected chi connectivity index (χ0v) is 17.8. The van der Waals surface area contributed by atoms with Gasteiger partial charge in [0.2, 0.25) is 0 Å². The number of anilines is 1.